The van der Waals surface area contributed by atoms with E-state index >= 15 is 0 Å². The van der Waals surface area contributed by atoms with Crippen LogP contribution in [0.25, 0.3) is 0 Å². The molecule has 7 rings (SSSR count). The highest BCUT2D eigenvalue weighted by Gasteiger charge is 2.53. The van der Waals surface area contributed by atoms with Crippen LogP contribution < -0.4 is 5.32 Å². The fraction of sp³-hybridized carbons (Fsp3) is 0.707. The van der Waals surface area contributed by atoms with Gasteiger partial charge in [-0.05, 0) is 134 Å². The van der Waals surface area contributed by atoms with Crippen molar-refractivity contribution in [2.75, 3.05) is 33.0 Å². The summed E-state index contributed by atoms with van der Waals surface area (Å²) in [6.07, 6.45) is 18.2. The highest BCUT2D eigenvalue weighted by atomic mass is 16.5. The van der Waals surface area contributed by atoms with E-state index in [4.69, 9.17) is 9.47 Å². The molecule has 4 bridgehead atoms. The summed E-state index contributed by atoms with van der Waals surface area (Å²) in [4.78, 5) is 0. The number of benzene rings is 2. The molecule has 2 aromatic rings. The summed E-state index contributed by atoms with van der Waals surface area (Å²) in [6, 6.07) is 13.9. The molecule has 45 heavy (non-hydrogen) atoms. The maximum absolute atomic E-state index is 10.3. The predicted octanol–water partition coefficient (Wildman–Crippen LogP) is 8.58. The van der Waals surface area contributed by atoms with E-state index in [9.17, 15) is 5.11 Å². The number of aryl methyl sites for hydroxylation is 1. The maximum Gasteiger partial charge on any atom is 0.115 e. The molecule has 0 spiro atoms. The molecule has 3 fully saturated rings. The number of fused-ring (bicyclic) bond motifs is 7. The molecule has 246 valence electrons. The van der Waals surface area contributed by atoms with Crippen LogP contribution in [0.2, 0.25) is 0 Å². The number of nitrogens with one attached hydrogen (secondary N) is 1. The van der Waals surface area contributed by atoms with Gasteiger partial charge in [0.2, 0.25) is 0 Å². The van der Waals surface area contributed by atoms with Gasteiger partial charge in [0.15, 0.2) is 0 Å². The van der Waals surface area contributed by atoms with Crippen molar-refractivity contribution in [3.05, 3.63) is 64.2 Å². The number of rotatable bonds is 10. The fourth-order valence-corrected chi connectivity index (χ4v) is 11.3. The van der Waals surface area contributed by atoms with Crippen LogP contribution in [0, 0.1) is 30.1 Å². The second kappa shape index (κ2) is 13.0. The first-order valence-corrected chi connectivity index (χ1v) is 18.6. The summed E-state index contributed by atoms with van der Waals surface area (Å²) in [5.41, 5.74) is 8.37. The number of hydrogen-bond acceptors (Lipinski definition) is 4. The molecule has 0 saturated heterocycles. The van der Waals surface area contributed by atoms with Crippen molar-refractivity contribution in [2.24, 2.45) is 23.2 Å². The van der Waals surface area contributed by atoms with Gasteiger partial charge < -0.3 is 19.9 Å². The number of phenols is 1. The largest absolute Gasteiger partial charge is 0.508 e. The third-order valence-electron chi connectivity index (χ3n) is 13.7. The number of hydrogen-bond donors (Lipinski definition) is 2. The van der Waals surface area contributed by atoms with Crippen LogP contribution in [0.1, 0.15) is 119 Å². The van der Waals surface area contributed by atoms with E-state index < -0.39 is 0 Å². The van der Waals surface area contributed by atoms with Crippen molar-refractivity contribution in [1.29, 1.82) is 0 Å². The Hall–Kier alpha value is -1.88. The lowest BCUT2D eigenvalue weighted by Crippen LogP contribution is -2.56. The molecule has 5 aliphatic carbocycles. The first-order chi connectivity index (χ1) is 21.8. The third kappa shape index (κ3) is 6.14. The highest BCUT2D eigenvalue weighted by molar-refractivity contribution is 5.44. The second-order valence-corrected chi connectivity index (χ2v) is 16.5. The Balaban J connectivity index is 0.864. The molecule has 4 heteroatoms. The third-order valence-corrected chi connectivity index (χ3v) is 13.7. The van der Waals surface area contributed by atoms with Gasteiger partial charge in [0.25, 0.3) is 0 Å². The topological polar surface area (TPSA) is 50.7 Å². The molecule has 3 saturated carbocycles. The summed E-state index contributed by atoms with van der Waals surface area (Å²) in [5.74, 6) is 2.69. The molecule has 4 nitrogen and oxygen atoms in total. The van der Waals surface area contributed by atoms with Gasteiger partial charge >= 0.3 is 0 Å². The average molecular weight is 614 g/mol. The van der Waals surface area contributed by atoms with Crippen LogP contribution in [-0.2, 0) is 33.1 Å². The molecule has 7 atom stereocenters. The zero-order valence-corrected chi connectivity index (χ0v) is 28.5. The Morgan fingerprint density at radius 2 is 1.51 bits per heavy atom. The van der Waals surface area contributed by atoms with Crippen LogP contribution in [0.4, 0.5) is 0 Å². The zero-order chi connectivity index (χ0) is 31.1. The van der Waals surface area contributed by atoms with Gasteiger partial charge in [-0.1, -0.05) is 69.4 Å². The van der Waals surface area contributed by atoms with Crippen molar-refractivity contribution in [3.63, 3.8) is 0 Å². The van der Waals surface area contributed by atoms with E-state index in [-0.39, 0.29) is 10.8 Å². The maximum atomic E-state index is 10.3. The van der Waals surface area contributed by atoms with Gasteiger partial charge in [-0.15, -0.1) is 0 Å². The summed E-state index contributed by atoms with van der Waals surface area (Å²) < 4.78 is 12.3. The molecule has 1 unspecified atom stereocenters. The Labute approximate surface area is 273 Å². The minimum atomic E-state index is 0.205. The van der Waals surface area contributed by atoms with Crippen molar-refractivity contribution < 1.29 is 14.6 Å². The molecule has 2 aromatic carbocycles. The lowest BCUT2D eigenvalue weighted by Gasteiger charge is -2.53. The number of ether oxygens (including phenoxy) is 2. The van der Waals surface area contributed by atoms with E-state index in [0.29, 0.717) is 30.4 Å². The smallest absolute Gasteiger partial charge is 0.115 e. The van der Waals surface area contributed by atoms with Crippen molar-refractivity contribution in [1.82, 2.24) is 5.32 Å². The van der Waals surface area contributed by atoms with Crippen LogP contribution in [-0.4, -0.2) is 44.1 Å². The number of aromatic hydroxyl groups is 1. The van der Waals surface area contributed by atoms with E-state index in [0.717, 1.165) is 37.5 Å². The van der Waals surface area contributed by atoms with Crippen LogP contribution in [0.3, 0.4) is 0 Å². The summed E-state index contributed by atoms with van der Waals surface area (Å²) in [5, 5.41) is 14.3. The number of phenolic OH excluding ortho intramolecular Hbond substituents is 1. The van der Waals surface area contributed by atoms with Gasteiger partial charge in [-0.2, -0.15) is 0 Å². The fourth-order valence-electron chi connectivity index (χ4n) is 11.3. The first-order valence-electron chi connectivity index (χ1n) is 18.6. The normalized spacial score (nSPS) is 35.4. The molecular formula is C41H59NO3. The summed E-state index contributed by atoms with van der Waals surface area (Å²) in [6.45, 7) is 11.2. The van der Waals surface area contributed by atoms with E-state index in [1.165, 1.54) is 107 Å². The van der Waals surface area contributed by atoms with Crippen LogP contribution in [0.5, 0.6) is 5.75 Å². The molecule has 0 heterocycles. The predicted molar refractivity (Wildman–Crippen MR) is 183 cm³/mol. The summed E-state index contributed by atoms with van der Waals surface area (Å²) in [7, 11) is 0. The Morgan fingerprint density at radius 1 is 0.756 bits per heavy atom. The highest BCUT2D eigenvalue weighted by Crippen LogP contribution is 2.61. The summed E-state index contributed by atoms with van der Waals surface area (Å²) >= 11 is 0. The zero-order valence-electron chi connectivity index (χ0n) is 28.5. The molecule has 2 N–H and O–H groups in total. The van der Waals surface area contributed by atoms with Gasteiger partial charge in [-0.3, -0.25) is 0 Å². The minimum absolute atomic E-state index is 0.205. The van der Waals surface area contributed by atoms with Crippen molar-refractivity contribution in [2.45, 2.75) is 128 Å². The Kier molecular flexibility index (Phi) is 9.13. The lowest BCUT2D eigenvalue weighted by atomic mass is 9.52. The van der Waals surface area contributed by atoms with E-state index in [2.05, 4.69) is 56.4 Å². The van der Waals surface area contributed by atoms with Gasteiger partial charge in [-0.25, -0.2) is 0 Å². The van der Waals surface area contributed by atoms with Crippen molar-refractivity contribution >= 4 is 0 Å². The van der Waals surface area contributed by atoms with Crippen LogP contribution >= 0.6 is 0 Å². The van der Waals surface area contributed by atoms with E-state index in [1.807, 2.05) is 6.07 Å². The second-order valence-electron chi connectivity index (χ2n) is 16.5. The Bertz CT molecular complexity index is 1340. The van der Waals surface area contributed by atoms with E-state index in [1.54, 1.807) is 11.1 Å². The molecule has 5 aliphatic rings. The van der Waals surface area contributed by atoms with Gasteiger partial charge in [0.05, 0.1) is 19.8 Å². The lowest BCUT2D eigenvalue weighted by molar-refractivity contribution is 0.00139. The standard InChI is InChI=1S/C41H59NO3/c1-29-9-10-30-26-33-8-5-4-6-14-40(3,35(30)24-29)38(33)42-19-21-45-23-22-44-20-18-41-16-7-15-39(2)36-27-34(43)12-11-31(36)25-32(13-17-41)37(39)28-41/h9-12,24,27,32-33,37-38,42-43H,4-8,13-23,25-26,28H2,1-3H3/t32-,33-,37-,38-,39+,40+,41?/m0/s1. The molecule has 0 aromatic heterocycles. The SMILES string of the molecule is Cc1ccc2c(c1)[C@@]1(C)CCCCC[C@@H](C2)[C@@H]1NCCOCCOCCC12CCC[C@]3(C)c4cc(O)ccc4C[C@H](CC1)[C@@H]3C2. The van der Waals surface area contributed by atoms with Gasteiger partial charge in [0.1, 0.15) is 5.75 Å². The molecule has 0 aliphatic heterocycles. The molecule has 0 radical (unpaired) electrons. The quantitative estimate of drug-likeness (QED) is 0.264. The van der Waals surface area contributed by atoms with Crippen LogP contribution in [0.15, 0.2) is 36.4 Å². The average Bonchev–Trinajstić information content (AvgIpc) is 3.15. The molecule has 0 amide bonds. The van der Waals surface area contributed by atoms with Gasteiger partial charge in [0, 0.05) is 24.6 Å². The molecular weight excluding hydrogens is 554 g/mol. The monoisotopic (exact) mass is 613 g/mol. The van der Waals surface area contributed by atoms with Crippen molar-refractivity contribution in [3.8, 4) is 5.75 Å². The Morgan fingerprint density at radius 3 is 2.38 bits per heavy atom. The first kappa shape index (κ1) is 31.7. The minimum Gasteiger partial charge on any atom is -0.508 e.